The van der Waals surface area contributed by atoms with Gasteiger partial charge in [0.05, 0.1) is 39.5 Å². The summed E-state index contributed by atoms with van der Waals surface area (Å²) in [4.78, 5) is 20.8. The molecule has 0 unspecified atom stereocenters. The maximum absolute atomic E-state index is 5.48. The molecular weight excluding hydrogens is 436 g/mol. The number of benzene rings is 1. The maximum Gasteiger partial charge on any atom is 0.229 e. The lowest BCUT2D eigenvalue weighted by Crippen LogP contribution is -2.28. The highest BCUT2D eigenvalue weighted by molar-refractivity contribution is 5.86. The van der Waals surface area contributed by atoms with E-state index in [-0.39, 0.29) is 0 Å². The lowest BCUT2D eigenvalue weighted by atomic mass is 10.2. The Morgan fingerprint density at radius 1 is 1.00 bits per heavy atom. The Hall–Kier alpha value is -4.02. The zero-order valence-corrected chi connectivity index (χ0v) is 19.9. The molecule has 3 aromatic heterocycles. The molecule has 1 fully saturated rings. The van der Waals surface area contributed by atoms with E-state index in [9.17, 15) is 0 Å². The van der Waals surface area contributed by atoms with Gasteiger partial charge in [0.25, 0.3) is 0 Å². The molecule has 11 heteroatoms. The van der Waals surface area contributed by atoms with Gasteiger partial charge in [-0.15, -0.1) is 0 Å². The van der Waals surface area contributed by atoms with Crippen molar-refractivity contribution in [2.45, 2.75) is 25.8 Å². The van der Waals surface area contributed by atoms with Crippen molar-refractivity contribution in [3.8, 4) is 22.9 Å². The molecule has 0 spiro atoms. The van der Waals surface area contributed by atoms with Crippen LogP contribution in [0, 0.1) is 0 Å². The number of anilines is 3. The van der Waals surface area contributed by atoms with Gasteiger partial charge in [-0.2, -0.15) is 9.97 Å². The Kier molecular flexibility index (Phi) is 5.60. The van der Waals surface area contributed by atoms with Gasteiger partial charge in [0.15, 0.2) is 23.0 Å². The van der Waals surface area contributed by atoms with Crippen LogP contribution in [0.3, 0.4) is 0 Å². The van der Waals surface area contributed by atoms with Crippen LogP contribution in [0.25, 0.3) is 16.9 Å². The Bertz CT molecular complexity index is 1310. The minimum absolute atomic E-state index is 0.397. The number of aryl methyl sites for hydroxylation is 1. The van der Waals surface area contributed by atoms with Crippen LogP contribution in [0.15, 0.2) is 31.0 Å². The van der Waals surface area contributed by atoms with Crippen molar-refractivity contribution in [2.24, 2.45) is 7.05 Å². The molecule has 0 bridgehead atoms. The predicted octanol–water partition coefficient (Wildman–Crippen LogP) is 3.31. The van der Waals surface area contributed by atoms with Crippen molar-refractivity contribution in [3.05, 3.63) is 31.0 Å². The molecule has 0 radical (unpaired) electrons. The summed E-state index contributed by atoms with van der Waals surface area (Å²) < 4.78 is 20.2. The highest BCUT2D eigenvalue weighted by Crippen LogP contribution is 2.39. The molecule has 5 rings (SSSR count). The Balaban J connectivity index is 1.51. The first-order valence-corrected chi connectivity index (χ1v) is 11.1. The fourth-order valence-electron chi connectivity index (χ4n) is 4.36. The van der Waals surface area contributed by atoms with Gasteiger partial charge < -0.3 is 33.6 Å². The minimum Gasteiger partial charge on any atom is -0.493 e. The molecule has 178 valence electrons. The molecule has 0 aliphatic carbocycles. The average molecular weight is 465 g/mol. The normalized spacial score (nSPS) is 15.7. The summed E-state index contributed by atoms with van der Waals surface area (Å²) in [6.45, 7) is 3.14. The number of rotatable bonds is 7. The molecule has 4 heterocycles. The van der Waals surface area contributed by atoms with E-state index >= 15 is 0 Å². The van der Waals surface area contributed by atoms with Gasteiger partial charge in [-0.05, 0) is 19.8 Å². The lowest BCUT2D eigenvalue weighted by molar-refractivity contribution is 0.324. The molecule has 34 heavy (non-hydrogen) atoms. The fraction of sp³-hybridized carbons (Fsp3) is 0.391. The second-order valence-electron chi connectivity index (χ2n) is 8.26. The molecule has 1 aliphatic rings. The van der Waals surface area contributed by atoms with E-state index in [0.717, 1.165) is 30.6 Å². The first-order valence-electron chi connectivity index (χ1n) is 11.1. The van der Waals surface area contributed by atoms with Crippen LogP contribution in [0.1, 0.15) is 19.8 Å². The smallest absolute Gasteiger partial charge is 0.229 e. The van der Waals surface area contributed by atoms with E-state index in [1.807, 2.05) is 34.5 Å². The summed E-state index contributed by atoms with van der Waals surface area (Å²) >= 11 is 0. The number of nitrogens with one attached hydrogen (secondary N) is 1. The standard InChI is InChI=1S/C23H28N8O3/c1-14-7-6-8-31(14)23-27-21-19(29(2)12-25-21)22(28-23)26-18-11-30(13-24-18)15-9-16(32-3)20(34-5)17(10-15)33-4/h9-14H,6-8H2,1-5H3,(H,26,27,28)/t14-/m1/s1. The van der Waals surface area contributed by atoms with Gasteiger partial charge >= 0.3 is 0 Å². The third-order valence-corrected chi connectivity index (χ3v) is 6.15. The number of fused-ring (bicyclic) bond motifs is 1. The molecule has 11 nitrogen and oxygen atoms in total. The van der Waals surface area contributed by atoms with Crippen molar-refractivity contribution in [1.29, 1.82) is 0 Å². The Morgan fingerprint density at radius 3 is 2.41 bits per heavy atom. The Labute approximate surface area is 197 Å². The topological polar surface area (TPSA) is 104 Å². The second kappa shape index (κ2) is 8.73. The van der Waals surface area contributed by atoms with Crippen LogP contribution >= 0.6 is 0 Å². The average Bonchev–Trinajstić information content (AvgIpc) is 3.58. The van der Waals surface area contributed by atoms with Crippen molar-refractivity contribution in [1.82, 2.24) is 29.1 Å². The van der Waals surface area contributed by atoms with Crippen LogP contribution < -0.4 is 24.4 Å². The van der Waals surface area contributed by atoms with E-state index in [4.69, 9.17) is 24.2 Å². The van der Waals surface area contributed by atoms with Gasteiger partial charge in [0, 0.05) is 31.8 Å². The van der Waals surface area contributed by atoms with E-state index in [1.165, 1.54) is 0 Å². The first-order chi connectivity index (χ1) is 16.5. The highest BCUT2D eigenvalue weighted by atomic mass is 16.5. The van der Waals surface area contributed by atoms with Gasteiger partial charge in [-0.25, -0.2) is 9.97 Å². The van der Waals surface area contributed by atoms with E-state index in [1.54, 1.807) is 34.0 Å². The van der Waals surface area contributed by atoms with Crippen LogP contribution in [-0.4, -0.2) is 63.0 Å². The first kappa shape index (κ1) is 21.8. The zero-order valence-electron chi connectivity index (χ0n) is 19.9. The molecular formula is C23H28N8O3. The number of methoxy groups -OCH3 is 3. The van der Waals surface area contributed by atoms with Crippen molar-refractivity contribution in [3.63, 3.8) is 0 Å². The summed E-state index contributed by atoms with van der Waals surface area (Å²) in [5, 5.41) is 3.36. The van der Waals surface area contributed by atoms with Crippen LogP contribution in [0.4, 0.5) is 17.6 Å². The monoisotopic (exact) mass is 464 g/mol. The van der Waals surface area contributed by atoms with Crippen LogP contribution in [0.5, 0.6) is 17.2 Å². The summed E-state index contributed by atoms with van der Waals surface area (Å²) in [5.74, 6) is 3.65. The highest BCUT2D eigenvalue weighted by Gasteiger charge is 2.25. The molecule has 4 aromatic rings. The third kappa shape index (κ3) is 3.72. The molecule has 1 N–H and O–H groups in total. The van der Waals surface area contributed by atoms with E-state index in [2.05, 4.69) is 27.1 Å². The van der Waals surface area contributed by atoms with Crippen molar-refractivity contribution >= 4 is 28.7 Å². The molecule has 1 aromatic carbocycles. The summed E-state index contributed by atoms with van der Waals surface area (Å²) in [6, 6.07) is 4.13. The summed E-state index contributed by atoms with van der Waals surface area (Å²) in [7, 11) is 6.69. The number of aromatic nitrogens is 6. The molecule has 0 saturated carbocycles. The van der Waals surface area contributed by atoms with Crippen LogP contribution in [0.2, 0.25) is 0 Å². The number of imidazole rings is 2. The number of hydrogen-bond acceptors (Lipinski definition) is 9. The number of ether oxygens (including phenoxy) is 3. The van der Waals surface area contributed by atoms with Crippen molar-refractivity contribution in [2.75, 3.05) is 38.1 Å². The lowest BCUT2D eigenvalue weighted by Gasteiger charge is -2.21. The molecule has 1 atom stereocenters. The zero-order chi connectivity index (χ0) is 23.8. The number of hydrogen-bond donors (Lipinski definition) is 1. The Morgan fingerprint density at radius 2 is 1.76 bits per heavy atom. The largest absolute Gasteiger partial charge is 0.493 e. The molecule has 1 saturated heterocycles. The summed E-state index contributed by atoms with van der Waals surface area (Å²) in [5.41, 5.74) is 2.28. The van der Waals surface area contributed by atoms with E-state index < -0.39 is 0 Å². The molecule has 0 amide bonds. The summed E-state index contributed by atoms with van der Waals surface area (Å²) in [6.07, 6.45) is 7.60. The quantitative estimate of drug-likeness (QED) is 0.441. The molecule has 1 aliphatic heterocycles. The third-order valence-electron chi connectivity index (χ3n) is 6.15. The van der Waals surface area contributed by atoms with Gasteiger partial charge in [0.2, 0.25) is 11.7 Å². The van der Waals surface area contributed by atoms with Gasteiger partial charge in [-0.3, -0.25) is 0 Å². The number of nitrogens with zero attached hydrogens (tertiary/aromatic N) is 7. The minimum atomic E-state index is 0.397. The SMILES string of the molecule is COc1cc(-n2cnc(Nc3nc(N4CCC[C@H]4C)nc4ncn(C)c34)c2)cc(OC)c1OC. The van der Waals surface area contributed by atoms with Gasteiger partial charge in [-0.1, -0.05) is 0 Å². The van der Waals surface area contributed by atoms with Gasteiger partial charge in [0.1, 0.15) is 17.7 Å². The van der Waals surface area contributed by atoms with E-state index in [0.29, 0.717) is 46.5 Å². The van der Waals surface area contributed by atoms with Crippen molar-refractivity contribution < 1.29 is 14.2 Å². The second-order valence-corrected chi connectivity index (χ2v) is 8.26. The fourth-order valence-corrected chi connectivity index (χ4v) is 4.36. The maximum atomic E-state index is 5.48. The predicted molar refractivity (Wildman–Crippen MR) is 129 cm³/mol. The van der Waals surface area contributed by atoms with Crippen LogP contribution in [-0.2, 0) is 7.05 Å².